The number of ether oxygens (including phenoxy) is 6. The Morgan fingerprint density at radius 3 is 1.50 bits per heavy atom. The summed E-state index contributed by atoms with van der Waals surface area (Å²) in [5.41, 5.74) is 4.38. The van der Waals surface area contributed by atoms with E-state index in [4.69, 9.17) is 28.4 Å². The van der Waals surface area contributed by atoms with Crippen LogP contribution < -0.4 is 14.8 Å². The molecule has 1 atom stereocenters. The summed E-state index contributed by atoms with van der Waals surface area (Å²) in [4.78, 5) is 70.7. The van der Waals surface area contributed by atoms with Crippen LogP contribution in [0.2, 0.25) is 0 Å². The molecule has 7 rings (SSSR count). The van der Waals surface area contributed by atoms with Gasteiger partial charge >= 0.3 is 23.9 Å². The van der Waals surface area contributed by atoms with Crippen LogP contribution in [0.15, 0.2) is 189 Å². The lowest BCUT2D eigenvalue weighted by atomic mass is 9.94. The Labute approximate surface area is 533 Å². The van der Waals surface area contributed by atoms with Crippen LogP contribution in [-0.2, 0) is 52.4 Å². The molecule has 0 fully saturated rings. The van der Waals surface area contributed by atoms with Crippen molar-refractivity contribution in [3.8, 4) is 36.4 Å². The zero-order valence-electron chi connectivity index (χ0n) is 51.8. The van der Waals surface area contributed by atoms with Crippen molar-refractivity contribution in [1.82, 2.24) is 4.90 Å². The van der Waals surface area contributed by atoms with E-state index in [2.05, 4.69) is 17.2 Å². The maximum absolute atomic E-state index is 13.3. The highest BCUT2D eigenvalue weighted by atomic mass is 16.6. The smallest absolute Gasteiger partial charge is 0.306 e. The number of nitriles is 6. The lowest BCUT2D eigenvalue weighted by Gasteiger charge is -2.25. The molecule has 1 amide bonds. The summed E-state index contributed by atoms with van der Waals surface area (Å²) in [6.07, 6.45) is 15.2. The fourth-order valence-corrected chi connectivity index (χ4v) is 9.60. The van der Waals surface area contributed by atoms with Crippen molar-refractivity contribution >= 4 is 64.7 Å². The molecule has 1 unspecified atom stereocenters. The molecular weight excluding hydrogens is 1170 g/mol. The summed E-state index contributed by atoms with van der Waals surface area (Å²) < 4.78 is 33.8. The van der Waals surface area contributed by atoms with Gasteiger partial charge in [0.2, 0.25) is 0 Å². The number of hydrazone groups is 1. The highest BCUT2D eigenvalue weighted by molar-refractivity contribution is 6.29. The van der Waals surface area contributed by atoms with Gasteiger partial charge in [0.15, 0.2) is 28.8 Å². The van der Waals surface area contributed by atoms with Gasteiger partial charge in [0.25, 0.3) is 5.91 Å². The van der Waals surface area contributed by atoms with Crippen molar-refractivity contribution in [1.29, 1.82) is 31.6 Å². The van der Waals surface area contributed by atoms with Crippen molar-refractivity contribution in [2.75, 3.05) is 68.4 Å². The Balaban J connectivity index is 0.885. The molecule has 0 radical (unpaired) electrons. The molecule has 0 spiro atoms. The van der Waals surface area contributed by atoms with Crippen molar-refractivity contribution in [3.63, 3.8) is 0 Å². The Morgan fingerprint density at radius 1 is 0.609 bits per heavy atom. The van der Waals surface area contributed by atoms with Crippen molar-refractivity contribution < 1.29 is 52.4 Å². The van der Waals surface area contributed by atoms with Gasteiger partial charge in [-0.05, 0) is 106 Å². The van der Waals surface area contributed by atoms with Gasteiger partial charge in [0, 0.05) is 49.0 Å². The van der Waals surface area contributed by atoms with Gasteiger partial charge in [-0.25, -0.2) is 0 Å². The number of benzene rings is 3. The third kappa shape index (κ3) is 17.6. The molecule has 0 saturated heterocycles. The van der Waals surface area contributed by atoms with Gasteiger partial charge < -0.3 is 43.1 Å². The molecule has 4 aliphatic rings. The number of allylic oxidation sites excluding steroid dienone is 9. The molecule has 22 nitrogen and oxygen atoms in total. The first-order valence-electron chi connectivity index (χ1n) is 29.0. The van der Waals surface area contributed by atoms with Crippen LogP contribution in [0.4, 0.5) is 17.1 Å². The molecular formula is C70H65N11O11. The predicted molar refractivity (Wildman–Crippen MR) is 339 cm³/mol. The maximum atomic E-state index is 13.3. The molecule has 0 bridgehead atoms. The first kappa shape index (κ1) is 67.5. The van der Waals surface area contributed by atoms with Crippen LogP contribution in [0.3, 0.4) is 0 Å². The van der Waals surface area contributed by atoms with Gasteiger partial charge in [0.05, 0.1) is 62.3 Å². The SMILES string of the molecule is CC1=NN(c2ccccc2)C(=O)/C1=C\C=C1C=CN(CC(COC(=O)CCC(=O)OCCN(C)c2ccc(/C=C/C3=C(C#N)C(=C(C#N)C#N)OC3(C)C)cc2)OC(=O)CCC(=O)OCCN(C)c2ccc(/C=C/C3=C(C#N)C(=C(C#N)C#N)OC3(C)C)cc2)C=C1. The number of carbonyl (C=O) groups excluding carboxylic acids is 5. The molecule has 0 aliphatic carbocycles. The van der Waals surface area contributed by atoms with E-state index in [1.165, 1.54) is 5.01 Å². The molecule has 3 aromatic rings. The van der Waals surface area contributed by atoms with E-state index in [0.717, 1.165) is 28.1 Å². The molecule has 3 aromatic carbocycles. The Bertz CT molecular complexity index is 3960. The van der Waals surface area contributed by atoms with Gasteiger partial charge in [0.1, 0.15) is 78.6 Å². The number of amides is 1. The first-order valence-corrected chi connectivity index (χ1v) is 29.0. The van der Waals surface area contributed by atoms with Crippen LogP contribution in [0, 0.1) is 68.0 Å². The standard InChI is InChI=1S/C70H65N11O11/c1-47-57(68(86)81(77-47)55-11-9-8-10-12-55)24-17-50-31-33-80(34-32-50)45-56(90-65(85)30-29-63(83)88-38-36-79(7)54-22-15-49(16-23-54)19-26-61-59(44-76)67(52(41-73)42-74)92-70(61,4)5)46-89-64(84)28-27-62(82)87-37-35-78(6)53-20-13-48(14-21-53)18-25-60-58(43-75)66(51(39-71)40-72)91-69(60,2)3/h8-26,31-34,56H,27-30,35-38,45-46H2,1-7H3/b25-18+,26-19+,57-24-. The third-order valence-corrected chi connectivity index (χ3v) is 14.7. The summed E-state index contributed by atoms with van der Waals surface area (Å²) >= 11 is 0. The lowest BCUT2D eigenvalue weighted by Crippen LogP contribution is -2.34. The maximum Gasteiger partial charge on any atom is 0.306 e. The average molecular weight is 1240 g/mol. The Morgan fingerprint density at radius 2 is 1.05 bits per heavy atom. The number of rotatable bonds is 25. The highest BCUT2D eigenvalue weighted by Crippen LogP contribution is 2.42. The van der Waals surface area contributed by atoms with E-state index in [1.54, 1.807) is 137 Å². The van der Waals surface area contributed by atoms with Crippen LogP contribution >= 0.6 is 0 Å². The van der Waals surface area contributed by atoms with E-state index in [9.17, 15) is 55.5 Å². The number of nitrogens with zero attached hydrogens (tertiary/aromatic N) is 11. The largest absolute Gasteiger partial charge is 0.480 e. The van der Waals surface area contributed by atoms with E-state index in [-0.39, 0.29) is 91.8 Å². The number of carbonyl (C=O) groups is 5. The first-order chi connectivity index (χ1) is 44.1. The highest BCUT2D eigenvalue weighted by Gasteiger charge is 2.40. The Hall–Kier alpha value is -12.0. The normalized spacial score (nSPS) is 15.9. The minimum Gasteiger partial charge on any atom is -0.480 e. The van der Waals surface area contributed by atoms with Crippen molar-refractivity contribution in [3.05, 3.63) is 195 Å². The minimum atomic E-state index is -1.03. The number of anilines is 3. The topological polar surface area (TPSA) is 309 Å². The summed E-state index contributed by atoms with van der Waals surface area (Å²) in [6, 6.07) is 35.2. The molecule has 4 aliphatic heterocycles. The van der Waals surface area contributed by atoms with Crippen LogP contribution in [0.1, 0.15) is 71.4 Å². The summed E-state index contributed by atoms with van der Waals surface area (Å²) in [7, 11) is 3.63. The summed E-state index contributed by atoms with van der Waals surface area (Å²) in [5.74, 6) is -3.12. The number of hydrogen-bond donors (Lipinski definition) is 0. The fourth-order valence-electron chi connectivity index (χ4n) is 9.60. The van der Waals surface area contributed by atoms with Gasteiger partial charge in [-0.3, -0.25) is 24.0 Å². The zero-order valence-corrected chi connectivity index (χ0v) is 51.8. The van der Waals surface area contributed by atoms with Crippen LogP contribution in [0.5, 0.6) is 0 Å². The molecule has 0 saturated carbocycles. The van der Waals surface area contributed by atoms with E-state index in [1.807, 2.05) is 90.6 Å². The molecule has 0 N–H and O–H groups in total. The number of hydrogen-bond acceptors (Lipinski definition) is 21. The number of likely N-dealkylation sites (N-methyl/N-ethyl adjacent to an activating group) is 2. The Kier molecular flexibility index (Phi) is 23.0. The van der Waals surface area contributed by atoms with E-state index < -0.39 is 41.2 Å². The van der Waals surface area contributed by atoms with Crippen molar-refractivity contribution in [2.24, 2.45) is 5.10 Å². The lowest BCUT2D eigenvalue weighted by molar-refractivity contribution is -0.161. The van der Waals surface area contributed by atoms with E-state index in [0.29, 0.717) is 41.2 Å². The zero-order chi connectivity index (χ0) is 66.5. The third-order valence-electron chi connectivity index (χ3n) is 14.7. The predicted octanol–water partition coefficient (Wildman–Crippen LogP) is 9.87. The minimum absolute atomic E-state index is 0.00554. The van der Waals surface area contributed by atoms with E-state index >= 15 is 0 Å². The number of para-hydroxylation sites is 1. The quantitative estimate of drug-likeness (QED) is 0.0329. The van der Waals surface area contributed by atoms with Crippen LogP contribution in [-0.4, -0.2) is 111 Å². The number of esters is 4. The van der Waals surface area contributed by atoms with Crippen LogP contribution in [0.25, 0.3) is 12.2 Å². The summed E-state index contributed by atoms with van der Waals surface area (Å²) in [5, 5.41) is 62.9. The van der Waals surface area contributed by atoms with Crippen molar-refractivity contribution in [2.45, 2.75) is 77.6 Å². The van der Waals surface area contributed by atoms with Gasteiger partial charge in [-0.2, -0.15) is 41.7 Å². The molecule has 4 heterocycles. The second-order valence-corrected chi connectivity index (χ2v) is 22.0. The summed E-state index contributed by atoms with van der Waals surface area (Å²) in [6.45, 7) is 9.02. The van der Waals surface area contributed by atoms with Gasteiger partial charge in [-0.1, -0.05) is 72.8 Å². The average Bonchev–Trinajstić information content (AvgIpc) is 1.65. The molecule has 22 heteroatoms. The molecule has 0 aromatic heterocycles. The second kappa shape index (κ2) is 31.3. The molecule has 92 heavy (non-hydrogen) atoms. The second-order valence-electron chi connectivity index (χ2n) is 22.0. The van der Waals surface area contributed by atoms with Gasteiger partial charge in [-0.15, -0.1) is 0 Å². The molecule has 466 valence electrons. The monoisotopic (exact) mass is 1240 g/mol. The fraction of sp³-hybridized carbons (Fsp3) is 0.286.